The van der Waals surface area contributed by atoms with Crippen LogP contribution in [0.4, 0.5) is 0 Å². The largest absolute Gasteiger partial charge is 0.496 e. The van der Waals surface area contributed by atoms with Gasteiger partial charge in [0.1, 0.15) is 5.75 Å². The molecular weight excluding hydrogens is 226 g/mol. The SMILES string of the molecule is CCc1ccc(OC)c(C2(C3CNC3)COC2)c1. The summed E-state index contributed by atoms with van der Waals surface area (Å²) >= 11 is 0. The Bertz CT molecular complexity index is 436. The normalized spacial score (nSPS) is 22.1. The summed E-state index contributed by atoms with van der Waals surface area (Å²) in [4.78, 5) is 0. The molecule has 2 heterocycles. The lowest BCUT2D eigenvalue weighted by Crippen LogP contribution is -2.62. The molecule has 0 amide bonds. The zero-order valence-corrected chi connectivity index (χ0v) is 11.2. The fraction of sp³-hybridized carbons (Fsp3) is 0.600. The van der Waals surface area contributed by atoms with Crippen molar-refractivity contribution in [1.29, 1.82) is 0 Å². The highest BCUT2D eigenvalue weighted by molar-refractivity contribution is 5.45. The van der Waals surface area contributed by atoms with Gasteiger partial charge in [-0.3, -0.25) is 0 Å². The van der Waals surface area contributed by atoms with Gasteiger partial charge in [-0.1, -0.05) is 19.1 Å². The third-order valence-corrected chi connectivity index (χ3v) is 4.49. The Kier molecular flexibility index (Phi) is 3.04. The average molecular weight is 247 g/mol. The molecule has 18 heavy (non-hydrogen) atoms. The Morgan fingerprint density at radius 1 is 1.39 bits per heavy atom. The van der Waals surface area contributed by atoms with Crippen LogP contribution in [0.3, 0.4) is 0 Å². The van der Waals surface area contributed by atoms with Crippen molar-refractivity contribution in [2.45, 2.75) is 18.8 Å². The first kappa shape index (κ1) is 12.0. The van der Waals surface area contributed by atoms with Crippen LogP contribution in [0.1, 0.15) is 18.1 Å². The molecule has 3 nitrogen and oxygen atoms in total. The summed E-state index contributed by atoms with van der Waals surface area (Å²) in [5, 5.41) is 3.37. The van der Waals surface area contributed by atoms with Gasteiger partial charge in [-0.2, -0.15) is 0 Å². The standard InChI is InChI=1S/C15H21NO2/c1-3-11-4-5-14(17-2)13(6-11)15(9-18-10-15)12-7-16-8-12/h4-6,12,16H,3,7-10H2,1-2H3. The summed E-state index contributed by atoms with van der Waals surface area (Å²) in [6.45, 7) is 6.07. The van der Waals surface area contributed by atoms with Gasteiger partial charge in [-0.15, -0.1) is 0 Å². The summed E-state index contributed by atoms with van der Waals surface area (Å²) in [6, 6.07) is 6.59. The first-order chi connectivity index (χ1) is 8.80. The molecule has 2 aliphatic heterocycles. The van der Waals surface area contributed by atoms with Crippen LogP contribution < -0.4 is 10.1 Å². The lowest BCUT2D eigenvalue weighted by atomic mass is 9.65. The van der Waals surface area contributed by atoms with E-state index in [0.29, 0.717) is 5.92 Å². The molecule has 0 aliphatic carbocycles. The van der Waals surface area contributed by atoms with Crippen LogP contribution in [0.5, 0.6) is 5.75 Å². The quantitative estimate of drug-likeness (QED) is 0.879. The van der Waals surface area contributed by atoms with Crippen molar-refractivity contribution in [1.82, 2.24) is 5.32 Å². The number of hydrogen-bond donors (Lipinski definition) is 1. The molecule has 0 spiro atoms. The van der Waals surface area contributed by atoms with Gasteiger partial charge in [0.25, 0.3) is 0 Å². The Morgan fingerprint density at radius 3 is 2.61 bits per heavy atom. The molecule has 2 aliphatic rings. The molecule has 1 N–H and O–H groups in total. The van der Waals surface area contributed by atoms with E-state index in [9.17, 15) is 0 Å². The lowest BCUT2D eigenvalue weighted by Gasteiger charge is -2.51. The number of methoxy groups -OCH3 is 1. The highest BCUT2D eigenvalue weighted by Gasteiger charge is 2.50. The minimum atomic E-state index is 0.182. The monoisotopic (exact) mass is 247 g/mol. The molecule has 0 unspecified atom stereocenters. The van der Waals surface area contributed by atoms with E-state index in [1.54, 1.807) is 7.11 Å². The van der Waals surface area contributed by atoms with Gasteiger partial charge in [-0.25, -0.2) is 0 Å². The topological polar surface area (TPSA) is 30.5 Å². The zero-order chi connectivity index (χ0) is 12.6. The second-order valence-corrected chi connectivity index (χ2v) is 5.39. The Morgan fingerprint density at radius 2 is 2.17 bits per heavy atom. The van der Waals surface area contributed by atoms with Crippen LogP contribution in [-0.2, 0) is 16.6 Å². The minimum Gasteiger partial charge on any atom is -0.496 e. The van der Waals surface area contributed by atoms with Crippen LogP contribution >= 0.6 is 0 Å². The van der Waals surface area contributed by atoms with Gasteiger partial charge in [0.15, 0.2) is 0 Å². The van der Waals surface area contributed by atoms with E-state index >= 15 is 0 Å². The fourth-order valence-electron chi connectivity index (χ4n) is 2.98. The van der Waals surface area contributed by atoms with E-state index in [0.717, 1.165) is 38.5 Å². The third kappa shape index (κ3) is 1.65. The van der Waals surface area contributed by atoms with Crippen molar-refractivity contribution in [3.05, 3.63) is 29.3 Å². The average Bonchev–Trinajstić information content (AvgIpc) is 2.30. The molecule has 0 bridgehead atoms. The first-order valence-corrected chi connectivity index (χ1v) is 6.76. The third-order valence-electron chi connectivity index (χ3n) is 4.49. The van der Waals surface area contributed by atoms with Gasteiger partial charge in [-0.05, 0) is 24.0 Å². The van der Waals surface area contributed by atoms with E-state index in [4.69, 9.17) is 9.47 Å². The fourth-order valence-corrected chi connectivity index (χ4v) is 2.98. The summed E-state index contributed by atoms with van der Waals surface area (Å²) in [7, 11) is 1.76. The lowest BCUT2D eigenvalue weighted by molar-refractivity contribution is -0.102. The van der Waals surface area contributed by atoms with Crippen LogP contribution in [0.2, 0.25) is 0 Å². The summed E-state index contributed by atoms with van der Waals surface area (Å²) in [6.07, 6.45) is 1.07. The predicted octanol–water partition coefficient (Wildman–Crippen LogP) is 1.75. The summed E-state index contributed by atoms with van der Waals surface area (Å²) in [5.74, 6) is 1.70. The number of ether oxygens (including phenoxy) is 2. The number of hydrogen-bond acceptors (Lipinski definition) is 3. The van der Waals surface area contributed by atoms with Crippen molar-refractivity contribution in [2.24, 2.45) is 5.92 Å². The minimum absolute atomic E-state index is 0.182. The molecule has 0 radical (unpaired) electrons. The second-order valence-electron chi connectivity index (χ2n) is 5.39. The molecule has 98 valence electrons. The van der Waals surface area contributed by atoms with Crippen molar-refractivity contribution in [3.63, 3.8) is 0 Å². The summed E-state index contributed by atoms with van der Waals surface area (Å²) < 4.78 is 11.1. The van der Waals surface area contributed by atoms with Crippen LogP contribution in [0.25, 0.3) is 0 Å². The predicted molar refractivity (Wildman–Crippen MR) is 71.2 cm³/mol. The molecule has 0 saturated carbocycles. The highest BCUT2D eigenvalue weighted by atomic mass is 16.5. The number of rotatable bonds is 4. The van der Waals surface area contributed by atoms with Gasteiger partial charge in [0.05, 0.1) is 25.7 Å². The van der Waals surface area contributed by atoms with Gasteiger partial charge < -0.3 is 14.8 Å². The van der Waals surface area contributed by atoms with Crippen molar-refractivity contribution in [3.8, 4) is 5.75 Å². The van der Waals surface area contributed by atoms with E-state index in [2.05, 4.69) is 30.4 Å². The molecule has 3 heteroatoms. The number of aryl methyl sites for hydroxylation is 1. The van der Waals surface area contributed by atoms with Crippen molar-refractivity contribution >= 4 is 0 Å². The van der Waals surface area contributed by atoms with Gasteiger partial charge in [0.2, 0.25) is 0 Å². The van der Waals surface area contributed by atoms with Crippen LogP contribution in [0, 0.1) is 5.92 Å². The first-order valence-electron chi connectivity index (χ1n) is 6.76. The molecule has 1 aromatic carbocycles. The van der Waals surface area contributed by atoms with Gasteiger partial charge in [0, 0.05) is 18.7 Å². The van der Waals surface area contributed by atoms with E-state index in [1.165, 1.54) is 11.1 Å². The summed E-state index contributed by atoms with van der Waals surface area (Å²) in [5.41, 5.74) is 2.91. The maximum Gasteiger partial charge on any atom is 0.122 e. The zero-order valence-electron chi connectivity index (χ0n) is 11.2. The Hall–Kier alpha value is -1.06. The number of benzene rings is 1. The van der Waals surface area contributed by atoms with E-state index in [-0.39, 0.29) is 5.41 Å². The Balaban J connectivity index is 2.02. The van der Waals surface area contributed by atoms with E-state index in [1.807, 2.05) is 0 Å². The molecule has 1 aromatic rings. The smallest absolute Gasteiger partial charge is 0.122 e. The van der Waals surface area contributed by atoms with Crippen molar-refractivity contribution < 1.29 is 9.47 Å². The molecule has 3 rings (SSSR count). The molecule has 2 fully saturated rings. The molecular formula is C15H21NO2. The molecule has 0 atom stereocenters. The second kappa shape index (κ2) is 4.56. The number of nitrogens with one attached hydrogen (secondary N) is 1. The van der Waals surface area contributed by atoms with Gasteiger partial charge >= 0.3 is 0 Å². The Labute approximate surface area is 108 Å². The van der Waals surface area contributed by atoms with Crippen molar-refractivity contribution in [2.75, 3.05) is 33.4 Å². The highest BCUT2D eigenvalue weighted by Crippen LogP contribution is 2.45. The van der Waals surface area contributed by atoms with E-state index < -0.39 is 0 Å². The molecule has 0 aromatic heterocycles. The maximum atomic E-state index is 5.57. The molecule has 2 saturated heterocycles. The maximum absolute atomic E-state index is 5.57. The van der Waals surface area contributed by atoms with Crippen LogP contribution in [-0.4, -0.2) is 33.4 Å². The van der Waals surface area contributed by atoms with Crippen LogP contribution in [0.15, 0.2) is 18.2 Å².